The molecule has 0 saturated heterocycles. The second kappa shape index (κ2) is 4.74. The van der Waals surface area contributed by atoms with Gasteiger partial charge in [-0.1, -0.05) is 18.2 Å². The number of nitrogens with two attached hydrogens (primary N) is 1. The molecule has 0 radical (unpaired) electrons. The molecule has 0 spiro atoms. The molecule has 0 aliphatic heterocycles. The third-order valence-corrected chi connectivity index (χ3v) is 1.66. The van der Waals surface area contributed by atoms with Crippen LogP contribution < -0.4 is 5.73 Å². The normalized spacial score (nSPS) is 9.50. The molecular weight excluding hydrogens is 202 g/mol. The quantitative estimate of drug-likeness (QED) is 0.820. The van der Waals surface area contributed by atoms with Crippen molar-refractivity contribution in [3.8, 4) is 11.5 Å². The molecule has 0 aliphatic rings. The van der Waals surface area contributed by atoms with Crippen LogP contribution in [0, 0.1) is 0 Å². The highest BCUT2D eigenvalue weighted by Crippen LogP contribution is 2.16. The smallest absolute Gasteiger partial charge is 0.247 e. The first-order valence-electron chi connectivity index (χ1n) is 3.98. The summed E-state index contributed by atoms with van der Waals surface area (Å²) in [6.07, 6.45) is 0. The third kappa shape index (κ3) is 2.10. The molecule has 0 atom stereocenters. The SMILES string of the molecule is Cl.NCc1nnc(-c2ccccc2)o1. The summed E-state index contributed by atoms with van der Waals surface area (Å²) < 4.78 is 5.27. The molecule has 0 amide bonds. The Bertz CT molecular complexity index is 388. The van der Waals surface area contributed by atoms with Gasteiger partial charge in [-0.2, -0.15) is 0 Å². The van der Waals surface area contributed by atoms with Crippen LogP contribution in [0.25, 0.3) is 11.5 Å². The van der Waals surface area contributed by atoms with Gasteiger partial charge in [0.1, 0.15) is 0 Å². The summed E-state index contributed by atoms with van der Waals surface area (Å²) in [5, 5.41) is 7.63. The van der Waals surface area contributed by atoms with Crippen molar-refractivity contribution >= 4 is 12.4 Å². The number of hydrogen-bond acceptors (Lipinski definition) is 4. The van der Waals surface area contributed by atoms with Gasteiger partial charge < -0.3 is 10.2 Å². The van der Waals surface area contributed by atoms with Gasteiger partial charge >= 0.3 is 0 Å². The fourth-order valence-corrected chi connectivity index (χ4v) is 1.03. The molecule has 0 saturated carbocycles. The lowest BCUT2D eigenvalue weighted by atomic mass is 10.2. The highest BCUT2D eigenvalue weighted by Gasteiger charge is 2.05. The predicted octanol–water partition coefficient (Wildman–Crippen LogP) is 1.62. The number of aromatic nitrogens is 2. The average molecular weight is 212 g/mol. The number of benzene rings is 1. The summed E-state index contributed by atoms with van der Waals surface area (Å²) in [5.41, 5.74) is 6.26. The molecule has 74 valence electrons. The molecule has 4 nitrogen and oxygen atoms in total. The molecule has 5 heteroatoms. The molecular formula is C9H10ClN3O. The second-order valence-electron chi connectivity index (χ2n) is 2.57. The minimum atomic E-state index is 0. The molecule has 0 unspecified atom stereocenters. The summed E-state index contributed by atoms with van der Waals surface area (Å²) >= 11 is 0. The zero-order valence-corrected chi connectivity index (χ0v) is 8.20. The molecule has 0 bridgehead atoms. The lowest BCUT2D eigenvalue weighted by Crippen LogP contribution is -1.95. The third-order valence-electron chi connectivity index (χ3n) is 1.66. The lowest BCUT2D eigenvalue weighted by Gasteiger charge is -1.91. The fraction of sp³-hybridized carbons (Fsp3) is 0.111. The molecule has 2 rings (SSSR count). The fourth-order valence-electron chi connectivity index (χ4n) is 1.03. The first-order valence-corrected chi connectivity index (χ1v) is 3.98. The van der Waals surface area contributed by atoms with Crippen molar-refractivity contribution in [1.82, 2.24) is 10.2 Å². The van der Waals surface area contributed by atoms with Crippen LogP contribution in [0.4, 0.5) is 0 Å². The highest BCUT2D eigenvalue weighted by molar-refractivity contribution is 5.85. The van der Waals surface area contributed by atoms with Crippen molar-refractivity contribution in [3.63, 3.8) is 0 Å². The number of halogens is 1. The maximum atomic E-state index is 5.34. The predicted molar refractivity (Wildman–Crippen MR) is 54.9 cm³/mol. The van der Waals surface area contributed by atoms with Crippen LogP contribution in [0.3, 0.4) is 0 Å². The molecule has 2 N–H and O–H groups in total. The van der Waals surface area contributed by atoms with Gasteiger partial charge in [0.15, 0.2) is 0 Å². The Hall–Kier alpha value is -1.39. The van der Waals surface area contributed by atoms with E-state index in [0.717, 1.165) is 5.56 Å². The van der Waals surface area contributed by atoms with Gasteiger partial charge in [-0.15, -0.1) is 22.6 Å². The van der Waals surface area contributed by atoms with E-state index in [4.69, 9.17) is 10.2 Å². The van der Waals surface area contributed by atoms with Crippen molar-refractivity contribution < 1.29 is 4.42 Å². The molecule has 14 heavy (non-hydrogen) atoms. The van der Waals surface area contributed by atoms with Crippen LogP contribution >= 0.6 is 12.4 Å². The summed E-state index contributed by atoms with van der Waals surface area (Å²) in [6.45, 7) is 0.278. The summed E-state index contributed by atoms with van der Waals surface area (Å²) in [7, 11) is 0. The van der Waals surface area contributed by atoms with E-state index < -0.39 is 0 Å². The Morgan fingerprint density at radius 3 is 2.43 bits per heavy atom. The van der Waals surface area contributed by atoms with E-state index in [2.05, 4.69) is 10.2 Å². The Morgan fingerprint density at radius 1 is 1.14 bits per heavy atom. The van der Waals surface area contributed by atoms with E-state index in [1.54, 1.807) is 0 Å². The minimum absolute atomic E-state index is 0. The van der Waals surface area contributed by atoms with Crippen LogP contribution in [-0.2, 0) is 6.54 Å². The van der Waals surface area contributed by atoms with Crippen molar-refractivity contribution in [1.29, 1.82) is 0 Å². The Labute approximate surface area is 87.5 Å². The van der Waals surface area contributed by atoms with Gasteiger partial charge in [0, 0.05) is 5.56 Å². The van der Waals surface area contributed by atoms with Gasteiger partial charge in [0.2, 0.25) is 11.8 Å². The van der Waals surface area contributed by atoms with Crippen molar-refractivity contribution in [2.24, 2.45) is 5.73 Å². The molecule has 1 aromatic carbocycles. The van der Waals surface area contributed by atoms with Crippen LogP contribution in [0.1, 0.15) is 5.89 Å². The summed E-state index contributed by atoms with van der Waals surface area (Å²) in [6, 6.07) is 9.59. The van der Waals surface area contributed by atoms with Crippen LogP contribution in [0.2, 0.25) is 0 Å². The monoisotopic (exact) mass is 211 g/mol. The Morgan fingerprint density at radius 2 is 1.86 bits per heavy atom. The zero-order chi connectivity index (χ0) is 9.10. The Kier molecular flexibility index (Phi) is 3.62. The number of hydrogen-bond donors (Lipinski definition) is 1. The topological polar surface area (TPSA) is 64.9 Å². The van der Waals surface area contributed by atoms with E-state index in [1.165, 1.54) is 0 Å². The molecule has 1 heterocycles. The maximum absolute atomic E-state index is 5.34. The number of nitrogens with zero attached hydrogens (tertiary/aromatic N) is 2. The standard InChI is InChI=1S/C9H9N3O.ClH/c10-6-8-11-12-9(13-8)7-4-2-1-3-5-7;/h1-5H,6,10H2;1H. The molecule has 2 aromatic rings. The Balaban J connectivity index is 0.000000980. The van der Waals surface area contributed by atoms with Gasteiger partial charge in [-0.25, -0.2) is 0 Å². The molecule has 0 fully saturated rings. The lowest BCUT2D eigenvalue weighted by molar-refractivity contribution is 0.508. The van der Waals surface area contributed by atoms with E-state index in [9.17, 15) is 0 Å². The average Bonchev–Trinajstić information content (AvgIpc) is 2.67. The van der Waals surface area contributed by atoms with Crippen molar-refractivity contribution in [2.75, 3.05) is 0 Å². The van der Waals surface area contributed by atoms with E-state index in [-0.39, 0.29) is 19.0 Å². The van der Waals surface area contributed by atoms with E-state index >= 15 is 0 Å². The van der Waals surface area contributed by atoms with Gasteiger partial charge in [-0.3, -0.25) is 0 Å². The van der Waals surface area contributed by atoms with Gasteiger partial charge in [0.05, 0.1) is 6.54 Å². The van der Waals surface area contributed by atoms with Gasteiger partial charge in [0.25, 0.3) is 0 Å². The summed E-state index contributed by atoms with van der Waals surface area (Å²) in [4.78, 5) is 0. The first kappa shape index (κ1) is 10.7. The second-order valence-corrected chi connectivity index (χ2v) is 2.57. The first-order chi connectivity index (χ1) is 6.40. The molecule has 1 aromatic heterocycles. The minimum Gasteiger partial charge on any atom is -0.419 e. The van der Waals surface area contributed by atoms with E-state index in [0.29, 0.717) is 11.8 Å². The van der Waals surface area contributed by atoms with Gasteiger partial charge in [-0.05, 0) is 12.1 Å². The summed E-state index contributed by atoms with van der Waals surface area (Å²) in [5.74, 6) is 0.972. The maximum Gasteiger partial charge on any atom is 0.247 e. The van der Waals surface area contributed by atoms with Crippen LogP contribution in [0.15, 0.2) is 34.7 Å². The molecule has 0 aliphatic carbocycles. The van der Waals surface area contributed by atoms with Crippen molar-refractivity contribution in [2.45, 2.75) is 6.54 Å². The largest absolute Gasteiger partial charge is 0.419 e. The number of rotatable bonds is 2. The zero-order valence-electron chi connectivity index (χ0n) is 7.38. The van der Waals surface area contributed by atoms with Crippen LogP contribution in [-0.4, -0.2) is 10.2 Å². The van der Waals surface area contributed by atoms with Crippen molar-refractivity contribution in [3.05, 3.63) is 36.2 Å². The van der Waals surface area contributed by atoms with E-state index in [1.807, 2.05) is 30.3 Å². The van der Waals surface area contributed by atoms with Crippen LogP contribution in [0.5, 0.6) is 0 Å². The highest BCUT2D eigenvalue weighted by atomic mass is 35.5.